The van der Waals surface area contributed by atoms with Gasteiger partial charge >= 0.3 is 0 Å². The van der Waals surface area contributed by atoms with Gasteiger partial charge < -0.3 is 15.3 Å². The summed E-state index contributed by atoms with van der Waals surface area (Å²) in [7, 11) is 0. The Morgan fingerprint density at radius 1 is 1.05 bits per heavy atom. The number of nitrogens with one attached hydrogen (secondary N) is 1. The molecule has 0 aromatic rings. The summed E-state index contributed by atoms with van der Waals surface area (Å²) in [4.78, 5) is 7.27. The van der Waals surface area contributed by atoms with Gasteiger partial charge in [0.2, 0.25) is 0 Å². The highest BCUT2D eigenvalue weighted by Crippen LogP contribution is 2.45. The molecular weight excluding hydrogens is 274 g/mol. The van der Waals surface area contributed by atoms with Crippen LogP contribution in [0.4, 0.5) is 0 Å². The highest BCUT2D eigenvalue weighted by atomic mass is 16.3. The third kappa shape index (κ3) is 3.58. The van der Waals surface area contributed by atoms with E-state index in [1.807, 2.05) is 0 Å². The summed E-state index contributed by atoms with van der Waals surface area (Å²) < 4.78 is 0. The van der Waals surface area contributed by atoms with Crippen molar-refractivity contribution in [3.63, 3.8) is 0 Å². The number of hydrogen-bond donors (Lipinski definition) is 2. The van der Waals surface area contributed by atoms with E-state index < -0.39 is 5.60 Å². The minimum absolute atomic E-state index is 0.552. The van der Waals surface area contributed by atoms with E-state index in [1.165, 1.54) is 38.5 Å². The van der Waals surface area contributed by atoms with Gasteiger partial charge in [-0.1, -0.05) is 32.1 Å². The molecule has 2 aliphatic carbocycles. The third-order valence-corrected chi connectivity index (χ3v) is 6.04. The molecule has 3 aliphatic rings. The average Bonchev–Trinajstić information content (AvgIpc) is 3.15. The molecule has 126 valence electrons. The predicted octanol–water partition coefficient (Wildman–Crippen LogP) is 2.91. The van der Waals surface area contributed by atoms with Crippen molar-refractivity contribution < 1.29 is 5.11 Å². The van der Waals surface area contributed by atoms with Gasteiger partial charge in [0.25, 0.3) is 0 Å². The highest BCUT2D eigenvalue weighted by Gasteiger charge is 2.41. The van der Waals surface area contributed by atoms with Crippen LogP contribution in [-0.4, -0.2) is 47.7 Å². The molecule has 4 heteroatoms. The molecule has 3 fully saturated rings. The van der Waals surface area contributed by atoms with Crippen LogP contribution in [0.5, 0.6) is 0 Å². The summed E-state index contributed by atoms with van der Waals surface area (Å²) in [5, 5.41) is 14.1. The average molecular weight is 307 g/mol. The Bertz CT molecular complexity index is 395. The normalized spacial score (nSPS) is 27.5. The molecule has 0 unspecified atom stereocenters. The lowest BCUT2D eigenvalue weighted by Crippen LogP contribution is -2.43. The van der Waals surface area contributed by atoms with Crippen LogP contribution >= 0.6 is 0 Å². The molecule has 4 nitrogen and oxygen atoms in total. The lowest BCUT2D eigenvalue weighted by atomic mass is 9.85. The second-order valence-corrected chi connectivity index (χ2v) is 7.83. The van der Waals surface area contributed by atoms with Gasteiger partial charge in [-0.3, -0.25) is 4.99 Å². The van der Waals surface area contributed by atoms with Crippen LogP contribution in [0.3, 0.4) is 0 Å². The molecule has 1 spiro atoms. The zero-order valence-electron chi connectivity index (χ0n) is 14.2. The molecule has 0 radical (unpaired) electrons. The van der Waals surface area contributed by atoms with Crippen molar-refractivity contribution in [2.75, 3.05) is 26.2 Å². The lowest BCUT2D eigenvalue weighted by Gasteiger charge is -2.31. The van der Waals surface area contributed by atoms with Crippen LogP contribution in [0, 0.1) is 5.41 Å². The number of nitrogens with zero attached hydrogens (tertiary/aromatic N) is 2. The fraction of sp³-hybridized carbons (Fsp3) is 0.944. The summed E-state index contributed by atoms with van der Waals surface area (Å²) in [6.07, 6.45) is 12.3. The fourth-order valence-electron chi connectivity index (χ4n) is 4.66. The van der Waals surface area contributed by atoms with Crippen LogP contribution < -0.4 is 5.32 Å². The number of hydrogen-bond acceptors (Lipinski definition) is 2. The Morgan fingerprint density at radius 3 is 2.41 bits per heavy atom. The van der Waals surface area contributed by atoms with Gasteiger partial charge in [0.1, 0.15) is 0 Å². The summed E-state index contributed by atoms with van der Waals surface area (Å²) in [5.74, 6) is 1.03. The van der Waals surface area contributed by atoms with Gasteiger partial charge in [0, 0.05) is 19.6 Å². The number of likely N-dealkylation sites (tertiary alicyclic amines) is 1. The van der Waals surface area contributed by atoms with Gasteiger partial charge in [-0.05, 0) is 44.4 Å². The van der Waals surface area contributed by atoms with E-state index in [0.717, 1.165) is 51.3 Å². The second kappa shape index (κ2) is 6.77. The summed E-state index contributed by atoms with van der Waals surface area (Å²) >= 11 is 0. The topological polar surface area (TPSA) is 47.9 Å². The maximum absolute atomic E-state index is 10.7. The summed E-state index contributed by atoms with van der Waals surface area (Å²) in [6.45, 7) is 5.90. The summed E-state index contributed by atoms with van der Waals surface area (Å²) in [5.41, 5.74) is 0.0155. The van der Waals surface area contributed by atoms with Gasteiger partial charge in [0.05, 0.1) is 12.1 Å². The van der Waals surface area contributed by atoms with Crippen LogP contribution in [0.1, 0.15) is 71.1 Å². The molecule has 2 saturated carbocycles. The maximum atomic E-state index is 10.7. The van der Waals surface area contributed by atoms with E-state index in [0.29, 0.717) is 12.0 Å². The van der Waals surface area contributed by atoms with Crippen molar-refractivity contribution in [1.29, 1.82) is 0 Å². The molecule has 1 saturated heterocycles. The molecule has 1 aliphatic heterocycles. The van der Waals surface area contributed by atoms with E-state index in [-0.39, 0.29) is 0 Å². The van der Waals surface area contributed by atoms with Crippen LogP contribution in [-0.2, 0) is 0 Å². The molecule has 3 rings (SSSR count). The first kappa shape index (κ1) is 16.1. The van der Waals surface area contributed by atoms with Crippen molar-refractivity contribution in [3.8, 4) is 0 Å². The SMILES string of the molecule is CCNC(=NCC1(O)CCCCC1)N1CCC2(CCCC2)C1. The van der Waals surface area contributed by atoms with Crippen molar-refractivity contribution in [3.05, 3.63) is 0 Å². The molecule has 22 heavy (non-hydrogen) atoms. The minimum Gasteiger partial charge on any atom is -0.388 e. The Morgan fingerprint density at radius 2 is 1.73 bits per heavy atom. The molecular formula is C18H33N3O. The zero-order chi connectivity index (χ0) is 15.5. The molecule has 0 aromatic carbocycles. The van der Waals surface area contributed by atoms with E-state index in [1.54, 1.807) is 0 Å². The fourth-order valence-corrected chi connectivity index (χ4v) is 4.66. The van der Waals surface area contributed by atoms with Gasteiger partial charge in [-0.25, -0.2) is 0 Å². The van der Waals surface area contributed by atoms with Crippen LogP contribution in [0.2, 0.25) is 0 Å². The number of aliphatic imine (C=N–C) groups is 1. The standard InChI is InChI=1S/C18H33N3O/c1-2-19-16(20-14-18(22)10-4-3-5-11-18)21-13-12-17(15-21)8-6-7-9-17/h22H,2-15H2,1H3,(H,19,20). The molecule has 0 bridgehead atoms. The monoisotopic (exact) mass is 307 g/mol. The van der Waals surface area contributed by atoms with Gasteiger partial charge in [0.15, 0.2) is 5.96 Å². The number of guanidine groups is 1. The summed E-state index contributed by atoms with van der Waals surface area (Å²) in [6, 6.07) is 0. The van der Waals surface area contributed by atoms with Crippen LogP contribution in [0.15, 0.2) is 4.99 Å². The van der Waals surface area contributed by atoms with Crippen molar-refractivity contribution in [1.82, 2.24) is 10.2 Å². The third-order valence-electron chi connectivity index (χ3n) is 6.04. The van der Waals surface area contributed by atoms with E-state index in [4.69, 9.17) is 4.99 Å². The van der Waals surface area contributed by atoms with Crippen molar-refractivity contribution in [2.24, 2.45) is 10.4 Å². The van der Waals surface area contributed by atoms with Gasteiger partial charge in [-0.15, -0.1) is 0 Å². The first-order chi connectivity index (χ1) is 10.6. The Hall–Kier alpha value is -0.770. The molecule has 0 aromatic heterocycles. The van der Waals surface area contributed by atoms with Gasteiger partial charge in [-0.2, -0.15) is 0 Å². The first-order valence-electron chi connectivity index (χ1n) is 9.41. The number of aliphatic hydroxyl groups is 1. The smallest absolute Gasteiger partial charge is 0.194 e. The second-order valence-electron chi connectivity index (χ2n) is 7.83. The number of rotatable bonds is 3. The maximum Gasteiger partial charge on any atom is 0.194 e. The molecule has 1 heterocycles. The highest BCUT2D eigenvalue weighted by molar-refractivity contribution is 5.80. The predicted molar refractivity (Wildman–Crippen MR) is 91.1 cm³/mol. The van der Waals surface area contributed by atoms with E-state index in [2.05, 4.69) is 17.1 Å². The molecule has 2 N–H and O–H groups in total. The molecule has 0 amide bonds. The molecule has 0 atom stereocenters. The van der Waals surface area contributed by atoms with E-state index in [9.17, 15) is 5.11 Å². The van der Waals surface area contributed by atoms with Crippen molar-refractivity contribution in [2.45, 2.75) is 76.7 Å². The minimum atomic E-state index is -0.552. The van der Waals surface area contributed by atoms with Crippen LogP contribution in [0.25, 0.3) is 0 Å². The first-order valence-corrected chi connectivity index (χ1v) is 9.41. The Kier molecular flexibility index (Phi) is 4.96. The zero-order valence-corrected chi connectivity index (χ0v) is 14.2. The quantitative estimate of drug-likeness (QED) is 0.622. The van der Waals surface area contributed by atoms with E-state index >= 15 is 0 Å². The Labute approximate surface area is 135 Å². The Balaban J connectivity index is 1.63. The lowest BCUT2D eigenvalue weighted by molar-refractivity contribution is 0.0130. The van der Waals surface area contributed by atoms with Crippen molar-refractivity contribution >= 4 is 5.96 Å². The largest absolute Gasteiger partial charge is 0.388 e.